The first-order valence-electron chi connectivity index (χ1n) is 14.7. The van der Waals surface area contributed by atoms with Crippen molar-refractivity contribution in [1.82, 2.24) is 16.0 Å². The van der Waals surface area contributed by atoms with Gasteiger partial charge in [0.15, 0.2) is 0 Å². The first-order chi connectivity index (χ1) is 19.4. The Morgan fingerprint density at radius 1 is 0.705 bits per heavy atom. The fourth-order valence-corrected chi connectivity index (χ4v) is 5.71. The first-order valence-corrected chi connectivity index (χ1v) is 15.1. The highest BCUT2D eigenvalue weighted by molar-refractivity contribution is 6.80. The van der Waals surface area contributed by atoms with Crippen LogP contribution in [0.1, 0.15) is 109 Å². The van der Waals surface area contributed by atoms with Crippen LogP contribution in [0.25, 0.3) is 0 Å². The van der Waals surface area contributed by atoms with Crippen LogP contribution in [0.3, 0.4) is 0 Å². The number of nitrogens with two attached hydrogens (primary N) is 1. The molecule has 0 aromatic carbocycles. The summed E-state index contributed by atoms with van der Waals surface area (Å²) in [5, 5.41) is 8.79. The zero-order chi connectivity index (χ0) is 34.2. The van der Waals surface area contributed by atoms with Gasteiger partial charge in [0.1, 0.15) is 0 Å². The molecule has 44 heavy (non-hydrogen) atoms. The zero-order valence-corrected chi connectivity index (χ0v) is 30.2. The molecule has 0 spiro atoms. The summed E-state index contributed by atoms with van der Waals surface area (Å²) in [5.41, 5.74) is 6.24. The topological polar surface area (TPSA) is 175 Å². The van der Waals surface area contributed by atoms with Crippen molar-refractivity contribution >= 4 is 40.7 Å². The van der Waals surface area contributed by atoms with Crippen LogP contribution in [0, 0.1) is 0 Å². The summed E-state index contributed by atoms with van der Waals surface area (Å²) in [5.74, 6) is -2.64. The molecule has 2 fully saturated rings. The normalized spacial score (nSPS) is 19.2. The Morgan fingerprint density at radius 3 is 1.30 bits per heavy atom. The van der Waals surface area contributed by atoms with E-state index in [-0.39, 0.29) is 59.8 Å². The second kappa shape index (κ2) is 20.9. The molecule has 0 aromatic heterocycles. The lowest BCUT2D eigenvalue weighted by Gasteiger charge is -2.46. The summed E-state index contributed by atoms with van der Waals surface area (Å²) in [6.45, 7) is 24.6. The Labute approximate surface area is 275 Å². The van der Waals surface area contributed by atoms with Crippen LogP contribution < -0.4 is 34.1 Å². The average Bonchev–Trinajstić information content (AvgIpc) is 2.76. The van der Waals surface area contributed by atoms with Gasteiger partial charge in [-0.15, -0.1) is 0 Å². The lowest BCUT2D eigenvalue weighted by Crippen LogP contribution is -3.00. The number of hydrogen-bond acceptors (Lipinski definition) is 11. The maximum atomic E-state index is 11.6. The molecule has 0 saturated carbocycles. The van der Waals surface area contributed by atoms with E-state index in [0.29, 0.717) is 12.6 Å². The van der Waals surface area contributed by atoms with E-state index in [0.717, 1.165) is 25.7 Å². The van der Waals surface area contributed by atoms with Gasteiger partial charge in [-0.25, -0.2) is 9.59 Å². The highest BCUT2D eigenvalue weighted by atomic mass is 35.5. The third-order valence-electron chi connectivity index (χ3n) is 5.99. The fraction of sp³-hybridized carbons (Fsp3) is 0.833. The molecule has 0 bridgehead atoms. The Hall–Kier alpha value is -1.99. The Bertz CT molecular complexity index is 895. The number of carbonyl (C=O) groups is 5. The Balaban J connectivity index is -0.000000554. The molecule has 0 radical (unpaired) electrons. The van der Waals surface area contributed by atoms with Gasteiger partial charge in [-0.1, -0.05) is 0 Å². The molecule has 2 saturated heterocycles. The molecule has 0 aromatic rings. The number of piperidine rings is 2. The number of rotatable bonds is 5. The standard InChI is InChI=1S/C13H24N2O3.C9H20N2.C4H5ClO3.C4H8O2.ClH/c1-6-18-11(17)10(16)14-9-7-12(2,3)15-13(4,5)8-9;1-8(2)5-7(10)6-9(3,4)11-8;1-2-8-4(7)3(5)6;1-3-6-4(2)5;/h9,15H,6-8H2,1-5H3,(H,14,16);7,11H,5-6,10H2,1-4H3;2H2,1H3;3H2,1-2H3;1H/p-1. The summed E-state index contributed by atoms with van der Waals surface area (Å²) in [6.07, 6.45) is 3.75. The molecular formula is C30H57Cl2N4O8-. The number of ether oxygens (including phenoxy) is 3. The molecule has 0 unspecified atom stereocenters. The van der Waals surface area contributed by atoms with Gasteiger partial charge < -0.3 is 48.3 Å². The summed E-state index contributed by atoms with van der Waals surface area (Å²) in [6, 6.07) is 0.356. The predicted octanol–water partition coefficient (Wildman–Crippen LogP) is 0.118. The summed E-state index contributed by atoms with van der Waals surface area (Å²) in [4.78, 5) is 52.6. The number of esters is 3. The van der Waals surface area contributed by atoms with E-state index in [1.807, 2.05) is 0 Å². The number of hydrogen-bond donors (Lipinski definition) is 4. The van der Waals surface area contributed by atoms with Crippen molar-refractivity contribution in [3.05, 3.63) is 0 Å². The highest BCUT2D eigenvalue weighted by Crippen LogP contribution is 2.28. The molecule has 260 valence electrons. The lowest BCUT2D eigenvalue weighted by atomic mass is 9.79. The van der Waals surface area contributed by atoms with Crippen molar-refractivity contribution in [2.75, 3.05) is 19.8 Å². The van der Waals surface area contributed by atoms with Gasteiger partial charge in [0, 0.05) is 41.2 Å². The van der Waals surface area contributed by atoms with Gasteiger partial charge in [-0.05, 0) is 113 Å². The highest BCUT2D eigenvalue weighted by Gasteiger charge is 2.39. The minimum Gasteiger partial charge on any atom is -1.00 e. The van der Waals surface area contributed by atoms with Crippen LogP contribution in [0.2, 0.25) is 0 Å². The van der Waals surface area contributed by atoms with E-state index in [1.54, 1.807) is 20.8 Å². The van der Waals surface area contributed by atoms with Crippen LogP contribution in [0.5, 0.6) is 0 Å². The van der Waals surface area contributed by atoms with E-state index >= 15 is 0 Å². The third-order valence-corrected chi connectivity index (χ3v) is 6.15. The largest absolute Gasteiger partial charge is 1.00 e. The molecule has 2 rings (SSSR count). The molecule has 0 aliphatic carbocycles. The second-order valence-electron chi connectivity index (χ2n) is 13.2. The van der Waals surface area contributed by atoms with Gasteiger partial charge >= 0.3 is 29.1 Å². The summed E-state index contributed by atoms with van der Waals surface area (Å²) in [7, 11) is 0. The van der Waals surface area contributed by atoms with E-state index < -0.39 is 23.1 Å². The molecule has 2 aliphatic rings. The van der Waals surface area contributed by atoms with Gasteiger partial charge in [-0.3, -0.25) is 14.4 Å². The molecule has 1 amide bonds. The summed E-state index contributed by atoms with van der Waals surface area (Å²) < 4.78 is 13.3. The molecular weight excluding hydrogens is 615 g/mol. The molecule has 2 aliphatic heterocycles. The minimum atomic E-state index is -1.08. The number of halogens is 2. The van der Waals surface area contributed by atoms with Crippen molar-refractivity contribution in [2.45, 2.75) is 143 Å². The Morgan fingerprint density at radius 2 is 1.05 bits per heavy atom. The van der Waals surface area contributed by atoms with Crippen molar-refractivity contribution < 1.29 is 50.6 Å². The SMILES string of the molecule is CC1(C)CC(N)CC(C)(C)N1.CCOC(=O)C(=O)Cl.CCOC(=O)C(=O)NC1CC(C)(C)NC(C)(C)C1.CCOC(C)=O.[Cl-]. The van der Waals surface area contributed by atoms with Crippen LogP contribution in [0.4, 0.5) is 0 Å². The first kappa shape index (κ1) is 46.4. The van der Waals surface area contributed by atoms with Crippen molar-refractivity contribution in [3.63, 3.8) is 0 Å². The molecule has 2 heterocycles. The summed E-state index contributed by atoms with van der Waals surface area (Å²) >= 11 is 4.69. The molecule has 14 heteroatoms. The van der Waals surface area contributed by atoms with Gasteiger partial charge in [-0.2, -0.15) is 0 Å². The maximum Gasteiger partial charge on any atom is 0.396 e. The van der Waals surface area contributed by atoms with Crippen LogP contribution in [-0.4, -0.2) is 83.1 Å². The molecule has 12 nitrogen and oxygen atoms in total. The van der Waals surface area contributed by atoms with Crippen molar-refractivity contribution in [3.8, 4) is 0 Å². The predicted molar refractivity (Wildman–Crippen MR) is 167 cm³/mol. The van der Waals surface area contributed by atoms with E-state index in [2.05, 4.69) is 85.6 Å². The van der Waals surface area contributed by atoms with Crippen LogP contribution in [-0.2, 0) is 38.2 Å². The third kappa shape index (κ3) is 23.4. The van der Waals surface area contributed by atoms with Gasteiger partial charge in [0.2, 0.25) is 0 Å². The van der Waals surface area contributed by atoms with Crippen molar-refractivity contribution in [2.24, 2.45) is 5.73 Å². The van der Waals surface area contributed by atoms with E-state index in [4.69, 9.17) is 17.3 Å². The van der Waals surface area contributed by atoms with E-state index in [9.17, 15) is 24.0 Å². The van der Waals surface area contributed by atoms with Gasteiger partial charge in [0.25, 0.3) is 0 Å². The smallest absolute Gasteiger partial charge is 0.396 e. The second-order valence-corrected chi connectivity index (χ2v) is 13.5. The molecule has 0 atom stereocenters. The maximum absolute atomic E-state index is 11.6. The average molecular weight is 673 g/mol. The molecule has 5 N–H and O–H groups in total. The van der Waals surface area contributed by atoms with Crippen LogP contribution in [0.15, 0.2) is 0 Å². The fourth-order valence-electron chi connectivity index (χ4n) is 5.66. The van der Waals surface area contributed by atoms with Crippen molar-refractivity contribution in [1.29, 1.82) is 0 Å². The number of amides is 1. The van der Waals surface area contributed by atoms with Crippen LogP contribution >= 0.6 is 11.6 Å². The number of nitrogens with one attached hydrogen (secondary N) is 3. The lowest BCUT2D eigenvalue weighted by molar-refractivity contribution is -0.155. The van der Waals surface area contributed by atoms with E-state index in [1.165, 1.54) is 6.92 Å². The Kier molecular flexibility index (Phi) is 22.1. The number of carbonyl (C=O) groups excluding carboxylic acids is 5. The quantitative estimate of drug-likeness (QED) is 0.135. The van der Waals surface area contributed by atoms with Gasteiger partial charge in [0.05, 0.1) is 19.8 Å². The zero-order valence-electron chi connectivity index (χ0n) is 28.7. The minimum absolute atomic E-state index is 0. The monoisotopic (exact) mass is 671 g/mol.